The normalized spacial score (nSPS) is 21.4. The van der Waals surface area contributed by atoms with Crippen molar-refractivity contribution >= 4 is 5.91 Å². The molecular formula is C18H23NO2. The smallest absolute Gasteiger partial charge is 0.232 e. The molecule has 3 nitrogen and oxygen atoms in total. The van der Waals surface area contributed by atoms with Gasteiger partial charge in [-0.1, -0.05) is 50.3 Å². The summed E-state index contributed by atoms with van der Waals surface area (Å²) in [7, 11) is 1.66. The van der Waals surface area contributed by atoms with Crippen molar-refractivity contribution in [3.63, 3.8) is 0 Å². The van der Waals surface area contributed by atoms with Crippen molar-refractivity contribution in [1.82, 2.24) is 4.90 Å². The van der Waals surface area contributed by atoms with Crippen LogP contribution in [0, 0.1) is 5.92 Å². The highest BCUT2D eigenvalue weighted by Gasteiger charge is 2.45. The summed E-state index contributed by atoms with van der Waals surface area (Å²) in [5, 5.41) is 0. The predicted octanol–water partition coefficient (Wildman–Crippen LogP) is 3.74. The van der Waals surface area contributed by atoms with E-state index in [1.54, 1.807) is 13.2 Å². The van der Waals surface area contributed by atoms with Crippen LogP contribution in [0.25, 0.3) is 0 Å². The van der Waals surface area contributed by atoms with Gasteiger partial charge >= 0.3 is 0 Å². The zero-order valence-corrected chi connectivity index (χ0v) is 12.8. The molecule has 0 saturated carbocycles. The molecule has 1 saturated heterocycles. The second kappa shape index (κ2) is 7.11. The third-order valence-corrected chi connectivity index (χ3v) is 3.91. The number of rotatable bonds is 7. The number of amides is 1. The number of hydrogen-bond donors (Lipinski definition) is 0. The molecule has 1 aromatic rings. The molecule has 0 radical (unpaired) electrons. The van der Waals surface area contributed by atoms with Gasteiger partial charge in [-0.3, -0.25) is 4.79 Å². The van der Waals surface area contributed by atoms with Gasteiger partial charge in [0, 0.05) is 6.54 Å². The molecule has 2 rings (SSSR count). The fourth-order valence-electron chi connectivity index (χ4n) is 2.73. The standard InChI is InChI=1S/C18H23NO2/c1-4-6-8-16-17(19(18(16)20)13-7-5-2)14-9-11-15(21-3)12-10-14/h4,6,8-12,16-17H,1,5,7,13H2,2-3H3/b8-6+/t16-,17+/m1/s1. The maximum absolute atomic E-state index is 12.3. The highest BCUT2D eigenvalue weighted by atomic mass is 16.5. The van der Waals surface area contributed by atoms with E-state index in [-0.39, 0.29) is 17.9 Å². The Kier molecular flexibility index (Phi) is 5.20. The number of allylic oxidation sites excluding steroid dienone is 2. The molecule has 1 amide bonds. The van der Waals surface area contributed by atoms with Crippen LogP contribution in [0.5, 0.6) is 5.75 Å². The molecule has 1 aliphatic rings. The molecule has 21 heavy (non-hydrogen) atoms. The van der Waals surface area contributed by atoms with E-state index in [0.717, 1.165) is 30.7 Å². The molecule has 0 aliphatic carbocycles. The van der Waals surface area contributed by atoms with Crippen LogP contribution in [0.1, 0.15) is 31.4 Å². The van der Waals surface area contributed by atoms with Crippen molar-refractivity contribution < 1.29 is 9.53 Å². The van der Waals surface area contributed by atoms with Crippen molar-refractivity contribution in [2.45, 2.75) is 25.8 Å². The predicted molar refractivity (Wildman–Crippen MR) is 85.2 cm³/mol. The number of β-lactam (4-membered cyclic amide) rings is 1. The average Bonchev–Trinajstić information content (AvgIpc) is 2.52. The molecule has 0 unspecified atom stereocenters. The van der Waals surface area contributed by atoms with Crippen molar-refractivity contribution in [2.75, 3.05) is 13.7 Å². The van der Waals surface area contributed by atoms with Gasteiger partial charge in [-0.25, -0.2) is 0 Å². The van der Waals surface area contributed by atoms with E-state index in [1.807, 2.05) is 41.3 Å². The fourth-order valence-corrected chi connectivity index (χ4v) is 2.73. The van der Waals surface area contributed by atoms with Gasteiger partial charge in [0.15, 0.2) is 0 Å². The largest absolute Gasteiger partial charge is 0.497 e. The summed E-state index contributed by atoms with van der Waals surface area (Å²) >= 11 is 0. The lowest BCUT2D eigenvalue weighted by molar-refractivity contribution is -0.153. The number of hydrogen-bond acceptors (Lipinski definition) is 2. The van der Waals surface area contributed by atoms with Gasteiger partial charge < -0.3 is 9.64 Å². The monoisotopic (exact) mass is 285 g/mol. The van der Waals surface area contributed by atoms with Crippen molar-refractivity contribution in [1.29, 1.82) is 0 Å². The second-order valence-corrected chi connectivity index (χ2v) is 5.25. The summed E-state index contributed by atoms with van der Waals surface area (Å²) in [4.78, 5) is 14.3. The molecule has 1 aliphatic heterocycles. The summed E-state index contributed by atoms with van der Waals surface area (Å²) in [5.74, 6) is 0.971. The van der Waals surface area contributed by atoms with Gasteiger partial charge in [-0.15, -0.1) is 0 Å². The lowest BCUT2D eigenvalue weighted by atomic mass is 9.82. The third-order valence-electron chi connectivity index (χ3n) is 3.91. The Hall–Kier alpha value is -2.03. The van der Waals surface area contributed by atoms with E-state index in [4.69, 9.17) is 4.74 Å². The van der Waals surface area contributed by atoms with Gasteiger partial charge in [0.25, 0.3) is 0 Å². The van der Waals surface area contributed by atoms with Crippen LogP contribution in [-0.2, 0) is 4.79 Å². The summed E-state index contributed by atoms with van der Waals surface area (Å²) in [6.07, 6.45) is 7.65. The van der Waals surface area contributed by atoms with Crippen molar-refractivity contribution in [3.8, 4) is 5.75 Å². The maximum atomic E-state index is 12.3. The Labute approximate surface area is 126 Å². The highest BCUT2D eigenvalue weighted by Crippen LogP contribution is 2.41. The number of unbranched alkanes of at least 4 members (excludes halogenated alkanes) is 1. The Bertz CT molecular complexity index is 519. The first-order valence-electron chi connectivity index (χ1n) is 7.46. The number of likely N-dealkylation sites (tertiary alicyclic amines) is 1. The molecule has 1 aromatic carbocycles. The highest BCUT2D eigenvalue weighted by molar-refractivity contribution is 5.88. The molecule has 3 heteroatoms. The lowest BCUT2D eigenvalue weighted by Gasteiger charge is -2.46. The minimum atomic E-state index is -0.0757. The molecule has 1 fully saturated rings. The summed E-state index contributed by atoms with van der Waals surface area (Å²) in [6, 6.07) is 8.12. The lowest BCUT2D eigenvalue weighted by Crippen LogP contribution is -2.54. The second-order valence-electron chi connectivity index (χ2n) is 5.25. The molecule has 2 atom stereocenters. The van der Waals surface area contributed by atoms with Gasteiger partial charge in [0.05, 0.1) is 19.1 Å². The molecule has 0 bridgehead atoms. The Balaban J connectivity index is 2.21. The van der Waals surface area contributed by atoms with Gasteiger partial charge in [-0.05, 0) is 24.1 Å². The van der Waals surface area contributed by atoms with E-state index in [9.17, 15) is 4.79 Å². The Morgan fingerprint density at radius 2 is 2.05 bits per heavy atom. The van der Waals surface area contributed by atoms with Crippen LogP contribution in [0.3, 0.4) is 0 Å². The quantitative estimate of drug-likeness (QED) is 0.564. The van der Waals surface area contributed by atoms with Crippen molar-refractivity contribution in [2.24, 2.45) is 5.92 Å². The van der Waals surface area contributed by atoms with Crippen LogP contribution < -0.4 is 4.74 Å². The van der Waals surface area contributed by atoms with E-state index >= 15 is 0 Å². The fraction of sp³-hybridized carbons (Fsp3) is 0.389. The molecule has 0 N–H and O–H groups in total. The number of carbonyl (C=O) groups excluding carboxylic acids is 1. The summed E-state index contributed by atoms with van der Waals surface area (Å²) < 4.78 is 5.20. The van der Waals surface area contributed by atoms with E-state index in [1.165, 1.54) is 0 Å². The average molecular weight is 285 g/mol. The van der Waals surface area contributed by atoms with Gasteiger partial charge in [0.2, 0.25) is 5.91 Å². The van der Waals surface area contributed by atoms with Crippen LogP contribution in [-0.4, -0.2) is 24.5 Å². The van der Waals surface area contributed by atoms with E-state index < -0.39 is 0 Å². The third kappa shape index (κ3) is 3.18. The maximum Gasteiger partial charge on any atom is 0.232 e. The van der Waals surface area contributed by atoms with Gasteiger partial charge in [-0.2, -0.15) is 0 Å². The first kappa shape index (κ1) is 15.4. The van der Waals surface area contributed by atoms with Crippen LogP contribution >= 0.6 is 0 Å². The Morgan fingerprint density at radius 1 is 1.33 bits per heavy atom. The van der Waals surface area contributed by atoms with Crippen molar-refractivity contribution in [3.05, 3.63) is 54.6 Å². The number of nitrogens with zero attached hydrogens (tertiary/aromatic N) is 1. The first-order chi connectivity index (χ1) is 10.2. The zero-order chi connectivity index (χ0) is 15.2. The molecule has 112 valence electrons. The van der Waals surface area contributed by atoms with E-state index in [0.29, 0.717) is 0 Å². The number of carbonyl (C=O) groups is 1. The molecule has 0 aromatic heterocycles. The SMILES string of the molecule is C=C/C=C/[C@H]1C(=O)N(CCCC)[C@H]1c1ccc(OC)cc1. The Morgan fingerprint density at radius 3 is 2.62 bits per heavy atom. The zero-order valence-electron chi connectivity index (χ0n) is 12.8. The number of methoxy groups -OCH3 is 1. The van der Waals surface area contributed by atoms with Gasteiger partial charge in [0.1, 0.15) is 5.75 Å². The molecular weight excluding hydrogens is 262 g/mol. The molecule has 1 heterocycles. The summed E-state index contributed by atoms with van der Waals surface area (Å²) in [5.41, 5.74) is 1.16. The van der Waals surface area contributed by atoms with Crippen LogP contribution in [0.4, 0.5) is 0 Å². The minimum absolute atomic E-state index is 0.0757. The molecule has 0 spiro atoms. The van der Waals surface area contributed by atoms with Crippen LogP contribution in [0.15, 0.2) is 49.1 Å². The van der Waals surface area contributed by atoms with Crippen LogP contribution in [0.2, 0.25) is 0 Å². The topological polar surface area (TPSA) is 29.5 Å². The van der Waals surface area contributed by atoms with E-state index in [2.05, 4.69) is 13.5 Å². The minimum Gasteiger partial charge on any atom is -0.497 e. The first-order valence-corrected chi connectivity index (χ1v) is 7.46. The number of ether oxygens (including phenoxy) is 1. The number of benzene rings is 1. The summed E-state index contributed by atoms with van der Waals surface area (Å²) in [6.45, 7) is 6.64.